The normalized spacial score (nSPS) is 25.9. The Labute approximate surface area is 144 Å². The molecule has 0 aromatic rings. The monoisotopic (exact) mass is 364 g/mol. The van der Waals surface area contributed by atoms with E-state index in [-0.39, 0.29) is 35.8 Å². The van der Waals surface area contributed by atoms with E-state index < -0.39 is 12.1 Å². The van der Waals surface area contributed by atoms with Gasteiger partial charge in [-0.2, -0.15) is 11.8 Å². The van der Waals surface area contributed by atoms with Crippen LogP contribution in [-0.2, 0) is 14.3 Å². The van der Waals surface area contributed by atoms with Crippen LogP contribution >= 0.6 is 23.4 Å². The van der Waals surface area contributed by atoms with Crippen LogP contribution in [-0.4, -0.2) is 65.7 Å². The fourth-order valence-electron chi connectivity index (χ4n) is 2.86. The Kier molecular flexibility index (Phi) is 6.83. The van der Waals surface area contributed by atoms with Gasteiger partial charge in [-0.25, -0.2) is 14.5 Å². The van der Waals surface area contributed by atoms with Gasteiger partial charge in [0.05, 0.1) is 25.1 Å². The number of methoxy groups -OCH3 is 1. The van der Waals surface area contributed by atoms with Gasteiger partial charge in [-0.15, -0.1) is 11.6 Å². The standard InChI is InChI=1S/C14H21ClN2O5S/c1-21-11(18)5-3-2-4-10-12-9(8-23-10)17(13(19)16-12)14(20)22-7-6-15/h9-10,12H,2-8H2,1H3,(H,16,19). The van der Waals surface area contributed by atoms with Gasteiger partial charge in [-0.3, -0.25) is 4.79 Å². The first-order valence-corrected chi connectivity index (χ1v) is 9.17. The van der Waals surface area contributed by atoms with Crippen molar-refractivity contribution in [2.45, 2.75) is 43.0 Å². The molecule has 2 fully saturated rings. The van der Waals surface area contributed by atoms with Crippen LogP contribution in [0.4, 0.5) is 9.59 Å². The number of alkyl halides is 1. The first-order valence-electron chi connectivity index (χ1n) is 7.59. The summed E-state index contributed by atoms with van der Waals surface area (Å²) in [5.41, 5.74) is 0. The summed E-state index contributed by atoms with van der Waals surface area (Å²) < 4.78 is 9.57. The molecule has 0 aromatic heterocycles. The molecule has 2 rings (SSSR count). The van der Waals surface area contributed by atoms with Gasteiger partial charge in [0.1, 0.15) is 6.61 Å². The number of imide groups is 1. The predicted octanol–water partition coefficient (Wildman–Crippen LogP) is 1.97. The van der Waals surface area contributed by atoms with E-state index in [1.807, 2.05) is 0 Å². The number of rotatable bonds is 7. The molecular formula is C14H21ClN2O5S. The van der Waals surface area contributed by atoms with E-state index in [1.165, 1.54) is 12.0 Å². The van der Waals surface area contributed by atoms with Crippen molar-refractivity contribution >= 4 is 41.5 Å². The lowest BCUT2D eigenvalue weighted by Gasteiger charge is -2.19. The smallest absolute Gasteiger partial charge is 0.418 e. The number of fused-ring (bicyclic) bond motifs is 1. The third-order valence-electron chi connectivity index (χ3n) is 3.98. The maximum absolute atomic E-state index is 12.0. The molecule has 3 unspecified atom stereocenters. The van der Waals surface area contributed by atoms with Gasteiger partial charge in [-0.1, -0.05) is 6.42 Å². The van der Waals surface area contributed by atoms with Gasteiger partial charge in [-0.05, 0) is 12.8 Å². The van der Waals surface area contributed by atoms with Crippen LogP contribution in [0.15, 0.2) is 0 Å². The van der Waals surface area contributed by atoms with E-state index in [9.17, 15) is 14.4 Å². The van der Waals surface area contributed by atoms with Crippen molar-refractivity contribution in [3.8, 4) is 0 Å². The molecule has 2 saturated heterocycles. The molecule has 3 atom stereocenters. The van der Waals surface area contributed by atoms with Crippen LogP contribution in [0.3, 0.4) is 0 Å². The molecular weight excluding hydrogens is 344 g/mol. The summed E-state index contributed by atoms with van der Waals surface area (Å²) >= 11 is 7.23. The van der Waals surface area contributed by atoms with Crippen molar-refractivity contribution < 1.29 is 23.9 Å². The van der Waals surface area contributed by atoms with E-state index in [2.05, 4.69) is 10.1 Å². The lowest BCUT2D eigenvalue weighted by molar-refractivity contribution is -0.140. The SMILES string of the molecule is COC(=O)CCCCC1SCC2C1NC(=O)N2C(=O)OCCCl. The highest BCUT2D eigenvalue weighted by Gasteiger charge is 2.50. The molecule has 9 heteroatoms. The number of nitrogens with zero attached hydrogens (tertiary/aromatic N) is 1. The number of thioether (sulfide) groups is 1. The summed E-state index contributed by atoms with van der Waals surface area (Å²) in [6.45, 7) is 0.0889. The number of hydrogen-bond donors (Lipinski definition) is 1. The Morgan fingerprint density at radius 3 is 2.91 bits per heavy atom. The summed E-state index contributed by atoms with van der Waals surface area (Å²) in [5.74, 6) is 0.692. The Morgan fingerprint density at radius 1 is 1.43 bits per heavy atom. The Balaban J connectivity index is 1.82. The van der Waals surface area contributed by atoms with E-state index in [0.29, 0.717) is 12.2 Å². The largest absolute Gasteiger partial charge is 0.469 e. The topological polar surface area (TPSA) is 84.9 Å². The van der Waals surface area contributed by atoms with E-state index >= 15 is 0 Å². The van der Waals surface area contributed by atoms with Crippen LogP contribution in [0, 0.1) is 0 Å². The highest BCUT2D eigenvalue weighted by Crippen LogP contribution is 2.37. The van der Waals surface area contributed by atoms with Crippen molar-refractivity contribution in [2.75, 3.05) is 25.3 Å². The van der Waals surface area contributed by atoms with E-state index in [4.69, 9.17) is 16.3 Å². The van der Waals surface area contributed by atoms with Gasteiger partial charge < -0.3 is 14.8 Å². The van der Waals surface area contributed by atoms with Crippen LogP contribution < -0.4 is 5.32 Å². The Hall–Kier alpha value is -1.15. The highest BCUT2D eigenvalue weighted by molar-refractivity contribution is 8.00. The highest BCUT2D eigenvalue weighted by atomic mass is 35.5. The number of esters is 1. The molecule has 2 aliphatic heterocycles. The molecule has 130 valence electrons. The molecule has 2 heterocycles. The second-order valence-corrected chi connectivity index (χ2v) is 7.06. The van der Waals surface area contributed by atoms with Crippen molar-refractivity contribution in [3.05, 3.63) is 0 Å². The third kappa shape index (κ3) is 4.44. The quantitative estimate of drug-likeness (QED) is 0.322. The molecule has 7 nitrogen and oxygen atoms in total. The average Bonchev–Trinajstić information content (AvgIpc) is 3.07. The number of nitrogens with one attached hydrogen (secondary N) is 1. The molecule has 0 spiro atoms. The Bertz CT molecular complexity index is 464. The van der Waals surface area contributed by atoms with Crippen LogP contribution in [0.2, 0.25) is 0 Å². The molecule has 0 radical (unpaired) electrons. The Morgan fingerprint density at radius 2 is 2.22 bits per heavy atom. The number of halogens is 1. The fourth-order valence-corrected chi connectivity index (χ4v) is 4.53. The molecule has 23 heavy (non-hydrogen) atoms. The van der Waals surface area contributed by atoms with Crippen molar-refractivity contribution in [1.29, 1.82) is 0 Å². The minimum Gasteiger partial charge on any atom is -0.469 e. The zero-order chi connectivity index (χ0) is 16.8. The van der Waals surface area contributed by atoms with Gasteiger partial charge in [0.25, 0.3) is 0 Å². The molecule has 0 aliphatic carbocycles. The number of hydrogen-bond acceptors (Lipinski definition) is 6. The summed E-state index contributed by atoms with van der Waals surface area (Å²) in [7, 11) is 1.38. The minimum atomic E-state index is -0.636. The average molecular weight is 365 g/mol. The summed E-state index contributed by atoms with van der Waals surface area (Å²) in [4.78, 5) is 36.2. The number of ether oxygens (including phenoxy) is 2. The fraction of sp³-hybridized carbons (Fsp3) is 0.786. The maximum atomic E-state index is 12.0. The molecule has 3 amide bonds. The second kappa shape index (κ2) is 8.63. The third-order valence-corrected chi connectivity index (χ3v) is 5.63. The lowest BCUT2D eigenvalue weighted by Crippen LogP contribution is -2.42. The van der Waals surface area contributed by atoms with Crippen molar-refractivity contribution in [1.82, 2.24) is 10.2 Å². The van der Waals surface area contributed by atoms with E-state index in [1.54, 1.807) is 11.8 Å². The molecule has 1 N–H and O–H groups in total. The van der Waals surface area contributed by atoms with Crippen LogP contribution in [0.1, 0.15) is 25.7 Å². The van der Waals surface area contributed by atoms with Gasteiger partial charge in [0.2, 0.25) is 0 Å². The first kappa shape index (κ1) is 18.2. The second-order valence-electron chi connectivity index (χ2n) is 5.41. The number of amides is 3. The van der Waals surface area contributed by atoms with Gasteiger partial charge in [0.15, 0.2) is 0 Å². The zero-order valence-corrected chi connectivity index (χ0v) is 14.5. The van der Waals surface area contributed by atoms with Crippen molar-refractivity contribution in [2.24, 2.45) is 0 Å². The van der Waals surface area contributed by atoms with Crippen LogP contribution in [0.5, 0.6) is 0 Å². The van der Waals surface area contributed by atoms with Crippen molar-refractivity contribution in [3.63, 3.8) is 0 Å². The van der Waals surface area contributed by atoms with E-state index in [0.717, 1.165) is 19.3 Å². The maximum Gasteiger partial charge on any atom is 0.418 e. The number of unbranched alkanes of at least 4 members (excludes halogenated alkanes) is 1. The predicted molar refractivity (Wildman–Crippen MR) is 86.7 cm³/mol. The first-order chi connectivity index (χ1) is 11.1. The molecule has 2 aliphatic rings. The lowest BCUT2D eigenvalue weighted by atomic mass is 10.0. The van der Waals surface area contributed by atoms with Crippen LogP contribution in [0.25, 0.3) is 0 Å². The number of urea groups is 1. The molecule has 0 aromatic carbocycles. The van der Waals surface area contributed by atoms with Gasteiger partial charge >= 0.3 is 18.1 Å². The molecule has 0 bridgehead atoms. The number of carbonyl (C=O) groups is 3. The zero-order valence-electron chi connectivity index (χ0n) is 13.0. The molecule has 0 saturated carbocycles. The van der Waals surface area contributed by atoms with Gasteiger partial charge in [0, 0.05) is 17.4 Å². The minimum absolute atomic E-state index is 0.0609. The summed E-state index contributed by atoms with van der Waals surface area (Å²) in [6, 6.07) is -0.644. The number of carbonyl (C=O) groups excluding carboxylic acids is 3. The summed E-state index contributed by atoms with van der Waals surface area (Å²) in [5, 5.41) is 3.12. The summed E-state index contributed by atoms with van der Waals surface area (Å²) in [6.07, 6.45) is 2.29.